The fourth-order valence-electron chi connectivity index (χ4n) is 1.07. The lowest BCUT2D eigenvalue weighted by Gasteiger charge is -2.00. The second-order valence-corrected chi connectivity index (χ2v) is 3.16. The summed E-state index contributed by atoms with van der Waals surface area (Å²) in [7, 11) is 0. The van der Waals surface area contributed by atoms with E-state index in [9.17, 15) is 0 Å². The molecule has 1 aliphatic heterocycles. The van der Waals surface area contributed by atoms with E-state index in [1.165, 1.54) is 0 Å². The third-order valence-electron chi connectivity index (χ3n) is 1.62. The smallest absolute Gasteiger partial charge is 0.0850 e. The molecular formula is C7H6Cl2N2. The van der Waals surface area contributed by atoms with Crippen molar-refractivity contribution >= 4 is 34.6 Å². The van der Waals surface area contributed by atoms with Gasteiger partial charge in [-0.15, -0.1) is 0 Å². The fraction of sp³-hybridized carbons (Fsp3) is 0.143. The molecule has 1 aromatic rings. The van der Waals surface area contributed by atoms with Crippen LogP contribution in [0.4, 0.5) is 11.4 Å². The van der Waals surface area contributed by atoms with Gasteiger partial charge in [0.25, 0.3) is 0 Å². The first-order valence-electron chi connectivity index (χ1n) is 3.24. The van der Waals surface area contributed by atoms with Crippen LogP contribution in [0, 0.1) is 0 Å². The van der Waals surface area contributed by atoms with Gasteiger partial charge in [0.2, 0.25) is 0 Å². The van der Waals surface area contributed by atoms with Crippen molar-refractivity contribution in [3.05, 3.63) is 22.2 Å². The molecule has 2 N–H and O–H groups in total. The van der Waals surface area contributed by atoms with Crippen molar-refractivity contribution in [2.45, 2.75) is 0 Å². The molecule has 2 nitrogen and oxygen atoms in total. The summed E-state index contributed by atoms with van der Waals surface area (Å²) in [5, 5.41) is 7.40. The zero-order valence-electron chi connectivity index (χ0n) is 5.62. The highest BCUT2D eigenvalue weighted by Crippen LogP contribution is 2.34. The lowest BCUT2D eigenvalue weighted by Crippen LogP contribution is -1.98. The number of hydrogen-bond acceptors (Lipinski definition) is 2. The predicted octanol–water partition coefficient (Wildman–Crippen LogP) is 2.79. The summed E-state index contributed by atoms with van der Waals surface area (Å²) in [5.74, 6) is 0. The molecule has 0 aliphatic carbocycles. The third kappa shape index (κ3) is 1.12. The normalized spacial score (nSPS) is 13.6. The molecule has 0 radical (unpaired) electrons. The van der Waals surface area contributed by atoms with Crippen LogP contribution in [-0.2, 0) is 0 Å². The Balaban J connectivity index is 2.57. The van der Waals surface area contributed by atoms with Gasteiger partial charge in [0, 0.05) is 0 Å². The maximum absolute atomic E-state index is 5.79. The zero-order chi connectivity index (χ0) is 7.84. The fourth-order valence-corrected chi connectivity index (χ4v) is 1.40. The van der Waals surface area contributed by atoms with E-state index in [0.29, 0.717) is 10.0 Å². The van der Waals surface area contributed by atoms with E-state index in [1.807, 2.05) is 12.1 Å². The summed E-state index contributed by atoms with van der Waals surface area (Å²) in [4.78, 5) is 0. The number of anilines is 2. The van der Waals surface area contributed by atoms with Crippen LogP contribution in [0.3, 0.4) is 0 Å². The summed E-state index contributed by atoms with van der Waals surface area (Å²) in [6.45, 7) is 0.742. The minimum absolute atomic E-state index is 0.585. The van der Waals surface area contributed by atoms with Crippen LogP contribution in [0.1, 0.15) is 0 Å². The second kappa shape index (κ2) is 2.47. The van der Waals surface area contributed by atoms with Crippen LogP contribution < -0.4 is 10.6 Å². The minimum Gasteiger partial charge on any atom is -0.366 e. The van der Waals surface area contributed by atoms with Gasteiger partial charge >= 0.3 is 0 Å². The summed E-state index contributed by atoms with van der Waals surface area (Å²) in [6, 6.07) is 3.64. The summed E-state index contributed by atoms with van der Waals surface area (Å²) in [5.41, 5.74) is 2.03. The van der Waals surface area contributed by atoms with Crippen LogP contribution in [0.5, 0.6) is 0 Å². The molecular weight excluding hydrogens is 183 g/mol. The SMILES string of the molecule is Clc1cc2c(cc1Cl)NCN2. The standard InChI is InChI=1S/C7H6Cl2N2/c8-4-1-6-7(2-5(4)9)11-3-10-6/h1-2,10-11H,3H2. The number of rotatable bonds is 0. The third-order valence-corrected chi connectivity index (χ3v) is 2.34. The van der Waals surface area contributed by atoms with Crippen molar-refractivity contribution in [1.29, 1.82) is 0 Å². The van der Waals surface area contributed by atoms with Gasteiger partial charge in [-0.1, -0.05) is 23.2 Å². The van der Waals surface area contributed by atoms with Gasteiger partial charge in [0.1, 0.15) is 0 Å². The number of hydrogen-bond donors (Lipinski definition) is 2. The van der Waals surface area contributed by atoms with E-state index in [4.69, 9.17) is 23.2 Å². The molecule has 2 rings (SSSR count). The Hall–Kier alpha value is -0.600. The quantitative estimate of drug-likeness (QED) is 0.655. The first kappa shape index (κ1) is 7.07. The molecule has 0 atom stereocenters. The first-order valence-corrected chi connectivity index (χ1v) is 4.00. The van der Waals surface area contributed by atoms with Crippen molar-refractivity contribution < 1.29 is 0 Å². The van der Waals surface area contributed by atoms with Crippen molar-refractivity contribution in [3.63, 3.8) is 0 Å². The van der Waals surface area contributed by atoms with Gasteiger partial charge in [-0.2, -0.15) is 0 Å². The van der Waals surface area contributed by atoms with E-state index < -0.39 is 0 Å². The molecule has 1 aromatic carbocycles. The minimum atomic E-state index is 0.585. The largest absolute Gasteiger partial charge is 0.366 e. The summed E-state index contributed by atoms with van der Waals surface area (Å²) < 4.78 is 0. The molecule has 0 saturated heterocycles. The van der Waals surface area contributed by atoms with Crippen molar-refractivity contribution in [3.8, 4) is 0 Å². The monoisotopic (exact) mass is 188 g/mol. The van der Waals surface area contributed by atoms with Gasteiger partial charge in [-0.05, 0) is 12.1 Å². The maximum atomic E-state index is 5.79. The van der Waals surface area contributed by atoms with Crippen LogP contribution in [-0.4, -0.2) is 6.67 Å². The average molecular weight is 189 g/mol. The number of fused-ring (bicyclic) bond motifs is 1. The molecule has 11 heavy (non-hydrogen) atoms. The van der Waals surface area contributed by atoms with Gasteiger partial charge in [-0.25, -0.2) is 0 Å². The molecule has 0 spiro atoms. The molecule has 0 amide bonds. The van der Waals surface area contributed by atoms with E-state index >= 15 is 0 Å². The average Bonchev–Trinajstić information content (AvgIpc) is 2.36. The van der Waals surface area contributed by atoms with Gasteiger partial charge < -0.3 is 10.6 Å². The van der Waals surface area contributed by atoms with Crippen molar-refractivity contribution in [2.75, 3.05) is 17.3 Å². The molecule has 58 valence electrons. The molecule has 1 heterocycles. The Bertz CT molecular complexity index is 270. The van der Waals surface area contributed by atoms with Crippen LogP contribution in [0.2, 0.25) is 10.0 Å². The van der Waals surface area contributed by atoms with Crippen molar-refractivity contribution in [1.82, 2.24) is 0 Å². The van der Waals surface area contributed by atoms with Crippen LogP contribution in [0.25, 0.3) is 0 Å². The van der Waals surface area contributed by atoms with Crippen molar-refractivity contribution in [2.24, 2.45) is 0 Å². The Morgan fingerprint density at radius 3 is 1.91 bits per heavy atom. The van der Waals surface area contributed by atoms with Crippen LogP contribution >= 0.6 is 23.2 Å². The van der Waals surface area contributed by atoms with Gasteiger partial charge in [0.05, 0.1) is 28.1 Å². The van der Waals surface area contributed by atoms with E-state index in [1.54, 1.807) is 0 Å². The first-order chi connectivity index (χ1) is 5.27. The Morgan fingerprint density at radius 1 is 1.00 bits per heavy atom. The zero-order valence-corrected chi connectivity index (χ0v) is 7.13. The number of benzene rings is 1. The summed E-state index contributed by atoms with van der Waals surface area (Å²) in [6.07, 6.45) is 0. The Morgan fingerprint density at radius 2 is 1.45 bits per heavy atom. The van der Waals surface area contributed by atoms with E-state index in [0.717, 1.165) is 18.0 Å². The molecule has 0 fully saturated rings. The molecule has 0 aromatic heterocycles. The van der Waals surface area contributed by atoms with E-state index in [-0.39, 0.29) is 0 Å². The topological polar surface area (TPSA) is 24.1 Å². The molecule has 0 saturated carbocycles. The number of nitrogens with one attached hydrogen (secondary N) is 2. The Kier molecular flexibility index (Phi) is 1.59. The molecule has 0 unspecified atom stereocenters. The van der Waals surface area contributed by atoms with Gasteiger partial charge in [-0.3, -0.25) is 0 Å². The second-order valence-electron chi connectivity index (χ2n) is 2.34. The maximum Gasteiger partial charge on any atom is 0.0850 e. The molecule has 4 heteroatoms. The van der Waals surface area contributed by atoms with Gasteiger partial charge in [0.15, 0.2) is 0 Å². The molecule has 0 bridgehead atoms. The predicted molar refractivity (Wildman–Crippen MR) is 48.6 cm³/mol. The lowest BCUT2D eigenvalue weighted by molar-refractivity contribution is 1.31. The van der Waals surface area contributed by atoms with E-state index in [2.05, 4.69) is 10.6 Å². The highest BCUT2D eigenvalue weighted by atomic mass is 35.5. The summed E-state index contributed by atoms with van der Waals surface area (Å²) >= 11 is 11.6. The highest BCUT2D eigenvalue weighted by molar-refractivity contribution is 6.42. The Labute approximate surface area is 74.5 Å². The highest BCUT2D eigenvalue weighted by Gasteiger charge is 2.10. The molecule has 1 aliphatic rings. The lowest BCUT2D eigenvalue weighted by atomic mass is 10.3. The number of halogens is 2. The van der Waals surface area contributed by atoms with Crippen LogP contribution in [0.15, 0.2) is 12.1 Å².